The summed E-state index contributed by atoms with van der Waals surface area (Å²) in [5, 5.41) is 11.4. The number of rotatable bonds is 2. The maximum atomic E-state index is 8.52. The maximum Gasteiger partial charge on any atom is 0.188 e. The highest BCUT2D eigenvalue weighted by Crippen LogP contribution is 2.18. The number of amidine groups is 1. The van der Waals surface area contributed by atoms with E-state index in [4.69, 9.17) is 10.9 Å². The van der Waals surface area contributed by atoms with Crippen LogP contribution in [0.25, 0.3) is 0 Å². The molecule has 0 aromatic carbocycles. The topological polar surface area (TPSA) is 74.7 Å². The van der Waals surface area contributed by atoms with Crippen LogP contribution in [-0.4, -0.2) is 29.1 Å². The molecule has 5 nitrogen and oxygen atoms in total. The van der Waals surface area contributed by atoms with Gasteiger partial charge < -0.3 is 15.8 Å². The van der Waals surface area contributed by atoms with Gasteiger partial charge in [-0.05, 0) is 31.4 Å². The number of hydrogen-bond donors (Lipinski definition) is 2. The van der Waals surface area contributed by atoms with Crippen LogP contribution in [-0.2, 0) is 0 Å². The Bertz CT molecular complexity index is 368. The van der Waals surface area contributed by atoms with Crippen molar-refractivity contribution in [2.45, 2.75) is 19.3 Å². The molecule has 0 unspecified atom stereocenters. The summed E-state index contributed by atoms with van der Waals surface area (Å²) in [7, 11) is 0. The van der Waals surface area contributed by atoms with Crippen molar-refractivity contribution >= 4 is 11.5 Å². The molecule has 1 aliphatic heterocycles. The first-order chi connectivity index (χ1) is 7.81. The lowest BCUT2D eigenvalue weighted by molar-refractivity contribution is 0.318. The van der Waals surface area contributed by atoms with Crippen molar-refractivity contribution in [3.8, 4) is 0 Å². The molecule has 5 heteroatoms. The van der Waals surface area contributed by atoms with E-state index in [9.17, 15) is 0 Å². The molecule has 1 aromatic rings. The Kier molecular flexibility index (Phi) is 3.24. The molecule has 0 atom stereocenters. The van der Waals surface area contributed by atoms with Gasteiger partial charge in [0.1, 0.15) is 5.69 Å². The predicted octanol–water partition coefficient (Wildman–Crippen LogP) is 1.17. The minimum absolute atomic E-state index is 0.0465. The molecule has 1 aromatic heterocycles. The number of nitrogens with two attached hydrogens (primary N) is 1. The number of hydrogen-bond acceptors (Lipinski definition) is 4. The minimum atomic E-state index is 0.0465. The fourth-order valence-corrected chi connectivity index (χ4v) is 1.93. The summed E-state index contributed by atoms with van der Waals surface area (Å²) in [6, 6.07) is 3.74. The van der Waals surface area contributed by atoms with Crippen molar-refractivity contribution in [1.82, 2.24) is 4.98 Å². The van der Waals surface area contributed by atoms with E-state index in [1.807, 2.05) is 6.07 Å². The molecule has 0 saturated carbocycles. The Labute approximate surface area is 94.6 Å². The van der Waals surface area contributed by atoms with Crippen LogP contribution in [0.15, 0.2) is 23.5 Å². The number of nitrogens with zero attached hydrogens (tertiary/aromatic N) is 3. The Morgan fingerprint density at radius 2 is 2.06 bits per heavy atom. The van der Waals surface area contributed by atoms with Crippen molar-refractivity contribution in [3.63, 3.8) is 0 Å². The zero-order valence-corrected chi connectivity index (χ0v) is 9.13. The van der Waals surface area contributed by atoms with Crippen molar-refractivity contribution < 1.29 is 5.21 Å². The molecule has 0 amide bonds. The molecule has 1 aliphatic rings. The number of pyridine rings is 1. The Morgan fingerprint density at radius 3 is 2.62 bits per heavy atom. The third kappa shape index (κ3) is 2.24. The fraction of sp³-hybridized carbons (Fsp3) is 0.455. The summed E-state index contributed by atoms with van der Waals surface area (Å²) < 4.78 is 0. The van der Waals surface area contributed by atoms with Crippen LogP contribution >= 0.6 is 0 Å². The second-order valence-corrected chi connectivity index (χ2v) is 3.93. The van der Waals surface area contributed by atoms with Crippen LogP contribution in [0.1, 0.15) is 25.0 Å². The smallest absolute Gasteiger partial charge is 0.188 e. The highest BCUT2D eigenvalue weighted by Gasteiger charge is 2.11. The summed E-state index contributed by atoms with van der Waals surface area (Å²) in [5.41, 5.74) is 7.06. The highest BCUT2D eigenvalue weighted by molar-refractivity contribution is 5.95. The van der Waals surface area contributed by atoms with Crippen LogP contribution in [0.3, 0.4) is 0 Å². The lowest BCUT2D eigenvalue weighted by Gasteiger charge is -2.28. The van der Waals surface area contributed by atoms with E-state index >= 15 is 0 Å². The Morgan fingerprint density at radius 1 is 1.31 bits per heavy atom. The first-order valence-electron chi connectivity index (χ1n) is 5.50. The highest BCUT2D eigenvalue weighted by atomic mass is 16.4. The van der Waals surface area contributed by atoms with E-state index in [-0.39, 0.29) is 5.84 Å². The lowest BCUT2D eigenvalue weighted by atomic mass is 10.1. The van der Waals surface area contributed by atoms with Crippen LogP contribution in [0.5, 0.6) is 0 Å². The van der Waals surface area contributed by atoms with E-state index in [0.29, 0.717) is 5.69 Å². The SMILES string of the molecule is N/C(=N/O)c1ccc(N2CCCCC2)cn1. The van der Waals surface area contributed by atoms with Crippen molar-refractivity contribution in [3.05, 3.63) is 24.0 Å². The van der Waals surface area contributed by atoms with E-state index < -0.39 is 0 Å². The van der Waals surface area contributed by atoms with Gasteiger partial charge in [0.15, 0.2) is 5.84 Å². The maximum absolute atomic E-state index is 8.52. The molecule has 86 valence electrons. The summed E-state index contributed by atoms with van der Waals surface area (Å²) in [6.45, 7) is 2.18. The van der Waals surface area contributed by atoms with Gasteiger partial charge >= 0.3 is 0 Å². The second kappa shape index (κ2) is 4.83. The van der Waals surface area contributed by atoms with Gasteiger partial charge in [-0.25, -0.2) is 0 Å². The van der Waals surface area contributed by atoms with Crippen LogP contribution in [0.2, 0.25) is 0 Å². The summed E-state index contributed by atoms with van der Waals surface area (Å²) >= 11 is 0. The van der Waals surface area contributed by atoms with Crippen LogP contribution in [0, 0.1) is 0 Å². The standard InChI is InChI=1S/C11H16N4O/c12-11(14-16)10-5-4-9(8-13-10)15-6-2-1-3-7-15/h4-5,8,16H,1-3,6-7H2,(H2,12,14). The van der Waals surface area contributed by atoms with Crippen molar-refractivity contribution in [1.29, 1.82) is 0 Å². The van der Waals surface area contributed by atoms with E-state index in [0.717, 1.165) is 18.8 Å². The summed E-state index contributed by atoms with van der Waals surface area (Å²) in [4.78, 5) is 6.48. The first-order valence-corrected chi connectivity index (χ1v) is 5.50. The van der Waals surface area contributed by atoms with Gasteiger partial charge in [-0.1, -0.05) is 5.16 Å². The third-order valence-electron chi connectivity index (χ3n) is 2.84. The molecule has 0 bridgehead atoms. The second-order valence-electron chi connectivity index (χ2n) is 3.93. The Hall–Kier alpha value is -1.78. The van der Waals surface area contributed by atoms with E-state index in [1.165, 1.54) is 19.3 Å². The quantitative estimate of drug-likeness (QED) is 0.339. The summed E-state index contributed by atoms with van der Waals surface area (Å²) in [5.74, 6) is 0.0465. The van der Waals surface area contributed by atoms with Crippen molar-refractivity contribution in [2.24, 2.45) is 10.9 Å². The largest absolute Gasteiger partial charge is 0.409 e. The summed E-state index contributed by atoms with van der Waals surface area (Å²) in [6.07, 6.45) is 5.56. The molecule has 3 N–H and O–H groups in total. The van der Waals surface area contributed by atoms with Crippen molar-refractivity contribution in [2.75, 3.05) is 18.0 Å². The van der Waals surface area contributed by atoms with Crippen LogP contribution < -0.4 is 10.6 Å². The zero-order chi connectivity index (χ0) is 11.4. The molecule has 1 fully saturated rings. The van der Waals surface area contributed by atoms with E-state index in [2.05, 4.69) is 15.0 Å². The molecule has 0 aliphatic carbocycles. The van der Waals surface area contributed by atoms with Gasteiger partial charge in [0.25, 0.3) is 0 Å². The monoisotopic (exact) mass is 220 g/mol. The third-order valence-corrected chi connectivity index (χ3v) is 2.84. The van der Waals surface area contributed by atoms with Gasteiger partial charge in [0.2, 0.25) is 0 Å². The number of anilines is 1. The molecule has 1 saturated heterocycles. The number of piperidine rings is 1. The molecule has 16 heavy (non-hydrogen) atoms. The molecule has 0 radical (unpaired) electrons. The molecule has 2 rings (SSSR count). The lowest BCUT2D eigenvalue weighted by Crippen LogP contribution is -2.29. The van der Waals surface area contributed by atoms with Gasteiger partial charge in [0, 0.05) is 13.1 Å². The average molecular weight is 220 g/mol. The molecule has 0 spiro atoms. The minimum Gasteiger partial charge on any atom is -0.409 e. The first kappa shape index (κ1) is 10.7. The Balaban J connectivity index is 2.12. The zero-order valence-electron chi connectivity index (χ0n) is 9.13. The average Bonchev–Trinajstić information content (AvgIpc) is 2.39. The fourth-order valence-electron chi connectivity index (χ4n) is 1.93. The van der Waals surface area contributed by atoms with Crippen LogP contribution in [0.4, 0.5) is 5.69 Å². The predicted molar refractivity (Wildman–Crippen MR) is 62.8 cm³/mol. The number of aromatic nitrogens is 1. The number of oxime groups is 1. The van der Waals surface area contributed by atoms with E-state index in [1.54, 1.807) is 12.3 Å². The molecule has 2 heterocycles. The van der Waals surface area contributed by atoms with Gasteiger partial charge in [-0.2, -0.15) is 0 Å². The molecular weight excluding hydrogens is 204 g/mol. The normalized spacial score (nSPS) is 17.5. The van der Waals surface area contributed by atoms with Gasteiger partial charge in [-0.3, -0.25) is 4.98 Å². The van der Waals surface area contributed by atoms with Gasteiger partial charge in [-0.15, -0.1) is 0 Å². The van der Waals surface area contributed by atoms with Gasteiger partial charge in [0.05, 0.1) is 11.9 Å². The molecular formula is C11H16N4O.